The molecule has 0 saturated heterocycles. The first-order valence-corrected chi connectivity index (χ1v) is 5.52. The summed E-state index contributed by atoms with van der Waals surface area (Å²) in [6.45, 7) is 0.286. The summed E-state index contributed by atoms with van der Waals surface area (Å²) in [6.07, 6.45) is 0. The first kappa shape index (κ1) is 12.4. The maximum atomic E-state index is 9.01. The van der Waals surface area contributed by atoms with E-state index in [1.807, 2.05) is 42.5 Å². The summed E-state index contributed by atoms with van der Waals surface area (Å²) in [5.74, 6) is 0.201. The second-order valence-corrected chi connectivity index (χ2v) is 3.77. The fourth-order valence-corrected chi connectivity index (χ4v) is 1.52. The van der Waals surface area contributed by atoms with Crippen LogP contribution < -0.4 is 10.5 Å². The van der Waals surface area contributed by atoms with Crippen LogP contribution >= 0.6 is 0 Å². The number of ether oxygens (including phenoxy) is 1. The molecule has 2 rings (SSSR count). The van der Waals surface area contributed by atoms with Gasteiger partial charge in [0.25, 0.3) is 0 Å². The van der Waals surface area contributed by atoms with Crippen LogP contribution in [0.25, 0.3) is 0 Å². The smallest absolute Gasteiger partial charge is 0.234 e. The highest BCUT2D eigenvalue weighted by atomic mass is 16.5. The molecule has 92 valence electrons. The fraction of sp³-hybridized carbons (Fsp3) is 0.0714. The molecule has 5 nitrogen and oxygen atoms in total. The highest BCUT2D eigenvalue weighted by Crippen LogP contribution is 2.21. The van der Waals surface area contributed by atoms with Crippen molar-refractivity contribution in [2.75, 3.05) is 5.73 Å². The predicted molar refractivity (Wildman–Crippen MR) is 68.9 cm³/mol. The quantitative estimate of drug-likeness (QED) is 0.898. The third-order valence-corrected chi connectivity index (χ3v) is 2.48. The molecule has 0 fully saturated rings. The van der Waals surface area contributed by atoms with Gasteiger partial charge in [-0.05, 0) is 11.6 Å². The molecule has 0 aliphatic rings. The summed E-state index contributed by atoms with van der Waals surface area (Å²) >= 11 is 0. The molecule has 1 aromatic carbocycles. The van der Waals surface area contributed by atoms with E-state index in [9.17, 15) is 0 Å². The number of aromatic nitrogens is 1. The molecule has 5 heteroatoms. The summed E-state index contributed by atoms with van der Waals surface area (Å²) in [5.41, 5.74) is 6.92. The van der Waals surface area contributed by atoms with Gasteiger partial charge in [-0.25, -0.2) is 0 Å². The normalized spacial score (nSPS) is 9.37. The molecule has 0 spiro atoms. The SMILES string of the molecule is N#Cc1cc(C#N)c(OCc2ccccc2)nc1N. The van der Waals surface area contributed by atoms with Crippen molar-refractivity contribution >= 4 is 5.82 Å². The highest BCUT2D eigenvalue weighted by Gasteiger charge is 2.10. The zero-order valence-corrected chi connectivity index (χ0v) is 10.00. The van der Waals surface area contributed by atoms with Crippen LogP contribution in [0.4, 0.5) is 5.82 Å². The standard InChI is InChI=1S/C14H10N4O/c15-7-11-6-12(8-16)14(18-13(11)17)19-9-10-4-2-1-3-5-10/h1-6H,9H2,(H2,17,18). The maximum Gasteiger partial charge on any atom is 0.234 e. The van der Waals surface area contributed by atoms with Crippen LogP contribution in [0.2, 0.25) is 0 Å². The van der Waals surface area contributed by atoms with Gasteiger partial charge in [0.05, 0.1) is 5.56 Å². The van der Waals surface area contributed by atoms with E-state index in [0.29, 0.717) is 0 Å². The molecule has 0 radical (unpaired) electrons. The summed E-state index contributed by atoms with van der Waals surface area (Å²) in [6, 6.07) is 14.7. The van der Waals surface area contributed by atoms with E-state index in [1.54, 1.807) is 0 Å². The molecule has 2 aromatic rings. The number of nitrogens with zero attached hydrogens (tertiary/aromatic N) is 3. The van der Waals surface area contributed by atoms with Gasteiger partial charge in [-0.15, -0.1) is 0 Å². The summed E-state index contributed by atoms with van der Waals surface area (Å²) < 4.78 is 5.47. The third-order valence-electron chi connectivity index (χ3n) is 2.48. The second kappa shape index (κ2) is 5.52. The van der Waals surface area contributed by atoms with E-state index >= 15 is 0 Å². The number of benzene rings is 1. The zero-order valence-electron chi connectivity index (χ0n) is 10.00. The van der Waals surface area contributed by atoms with E-state index in [0.717, 1.165) is 5.56 Å². The Morgan fingerprint density at radius 2 is 1.79 bits per heavy atom. The predicted octanol–water partition coefficient (Wildman–Crippen LogP) is 1.99. The minimum Gasteiger partial charge on any atom is -0.472 e. The molecule has 1 heterocycles. The van der Waals surface area contributed by atoms with E-state index < -0.39 is 0 Å². The lowest BCUT2D eigenvalue weighted by Crippen LogP contribution is -2.03. The number of nitriles is 2. The van der Waals surface area contributed by atoms with Gasteiger partial charge in [-0.2, -0.15) is 15.5 Å². The first-order chi connectivity index (χ1) is 9.24. The van der Waals surface area contributed by atoms with Crippen molar-refractivity contribution < 1.29 is 4.74 Å². The third kappa shape index (κ3) is 2.80. The Labute approximate surface area is 110 Å². The largest absolute Gasteiger partial charge is 0.472 e. The number of nitrogens with two attached hydrogens (primary N) is 1. The van der Waals surface area contributed by atoms with Crippen molar-refractivity contribution in [3.8, 4) is 18.0 Å². The minimum atomic E-state index is 0.0598. The van der Waals surface area contributed by atoms with Crippen LogP contribution in [0.1, 0.15) is 16.7 Å². The van der Waals surface area contributed by atoms with E-state index in [4.69, 9.17) is 21.0 Å². The number of rotatable bonds is 3. The Balaban J connectivity index is 2.24. The molecule has 1 aromatic heterocycles. The van der Waals surface area contributed by atoms with Crippen molar-refractivity contribution in [3.05, 3.63) is 53.1 Å². The van der Waals surface area contributed by atoms with Gasteiger partial charge in [0, 0.05) is 0 Å². The van der Waals surface area contributed by atoms with Crippen LogP contribution in [0.3, 0.4) is 0 Å². The molecule has 2 N–H and O–H groups in total. The molecule has 0 atom stereocenters. The molecule has 0 aliphatic heterocycles. The summed E-state index contributed by atoms with van der Waals surface area (Å²) in [7, 11) is 0. The molecule has 0 amide bonds. The lowest BCUT2D eigenvalue weighted by Gasteiger charge is -2.08. The lowest BCUT2D eigenvalue weighted by molar-refractivity contribution is 0.293. The minimum absolute atomic E-state index is 0.0598. The van der Waals surface area contributed by atoms with Crippen LogP contribution in [-0.4, -0.2) is 4.98 Å². The number of pyridine rings is 1. The van der Waals surface area contributed by atoms with Gasteiger partial charge in [-0.3, -0.25) is 0 Å². The topological polar surface area (TPSA) is 95.7 Å². The Bertz CT molecular complexity index is 668. The molecule has 0 saturated carbocycles. The average molecular weight is 250 g/mol. The van der Waals surface area contributed by atoms with Gasteiger partial charge < -0.3 is 10.5 Å². The molecule has 0 unspecified atom stereocenters. The molecule has 0 aliphatic carbocycles. The lowest BCUT2D eigenvalue weighted by atomic mass is 10.2. The molecule has 19 heavy (non-hydrogen) atoms. The zero-order chi connectivity index (χ0) is 13.7. The Morgan fingerprint density at radius 3 is 2.42 bits per heavy atom. The van der Waals surface area contributed by atoms with Crippen LogP contribution in [0.15, 0.2) is 36.4 Å². The van der Waals surface area contributed by atoms with Crippen molar-refractivity contribution in [2.24, 2.45) is 0 Å². The Hall–Kier alpha value is -3.05. The Morgan fingerprint density at radius 1 is 1.11 bits per heavy atom. The van der Waals surface area contributed by atoms with E-state index in [-0.39, 0.29) is 29.4 Å². The second-order valence-electron chi connectivity index (χ2n) is 3.77. The Kier molecular flexibility index (Phi) is 3.61. The number of hydrogen-bond donors (Lipinski definition) is 1. The van der Waals surface area contributed by atoms with Crippen LogP contribution in [0.5, 0.6) is 5.88 Å². The number of nitrogen functional groups attached to an aromatic ring is 1. The molecular formula is C14H10N4O. The van der Waals surface area contributed by atoms with Crippen LogP contribution in [0, 0.1) is 22.7 Å². The van der Waals surface area contributed by atoms with Gasteiger partial charge in [0.15, 0.2) is 0 Å². The van der Waals surface area contributed by atoms with Crippen LogP contribution in [-0.2, 0) is 6.61 Å². The average Bonchev–Trinajstić information content (AvgIpc) is 2.46. The van der Waals surface area contributed by atoms with Gasteiger partial charge >= 0.3 is 0 Å². The molecule has 0 bridgehead atoms. The van der Waals surface area contributed by atoms with Gasteiger partial charge in [-0.1, -0.05) is 30.3 Å². The van der Waals surface area contributed by atoms with Crippen molar-refractivity contribution in [3.63, 3.8) is 0 Å². The van der Waals surface area contributed by atoms with Crippen molar-refractivity contribution in [1.82, 2.24) is 4.98 Å². The van der Waals surface area contributed by atoms with Crippen molar-refractivity contribution in [1.29, 1.82) is 10.5 Å². The van der Waals surface area contributed by atoms with E-state index in [1.165, 1.54) is 6.07 Å². The maximum absolute atomic E-state index is 9.01. The highest BCUT2D eigenvalue weighted by molar-refractivity contribution is 5.55. The van der Waals surface area contributed by atoms with Gasteiger partial charge in [0.2, 0.25) is 5.88 Å². The number of anilines is 1. The van der Waals surface area contributed by atoms with E-state index in [2.05, 4.69) is 4.98 Å². The first-order valence-electron chi connectivity index (χ1n) is 5.52. The number of hydrogen-bond acceptors (Lipinski definition) is 5. The van der Waals surface area contributed by atoms with Gasteiger partial charge in [0.1, 0.15) is 30.1 Å². The summed E-state index contributed by atoms with van der Waals surface area (Å²) in [5, 5.41) is 17.8. The summed E-state index contributed by atoms with van der Waals surface area (Å²) in [4.78, 5) is 3.94. The van der Waals surface area contributed by atoms with Crippen molar-refractivity contribution in [2.45, 2.75) is 6.61 Å². The fourth-order valence-electron chi connectivity index (χ4n) is 1.52. The monoisotopic (exact) mass is 250 g/mol. The molecular weight excluding hydrogens is 240 g/mol.